The number of phosphoric acid groups is 1. The van der Waals surface area contributed by atoms with Crippen molar-refractivity contribution in [2.24, 2.45) is 0 Å². The Labute approximate surface area is 164 Å². The molecular weight excluding hydrogens is 571 g/mol. The van der Waals surface area contributed by atoms with E-state index in [1.165, 1.54) is 0 Å². The van der Waals surface area contributed by atoms with Crippen molar-refractivity contribution in [2.45, 2.75) is 16.6 Å². The minimum absolute atomic E-state index is 0.0153. The van der Waals surface area contributed by atoms with E-state index in [1.54, 1.807) is 12.1 Å². The monoisotopic (exact) mass is 584 g/mol. The van der Waals surface area contributed by atoms with E-state index in [0.29, 0.717) is 16.4 Å². The lowest BCUT2D eigenvalue weighted by Gasteiger charge is -2.20. The maximum absolute atomic E-state index is 12.8. The van der Waals surface area contributed by atoms with Crippen LogP contribution in [0, 0.1) is 6.92 Å². The van der Waals surface area contributed by atoms with Crippen LogP contribution in [0.1, 0.15) is 5.56 Å². The first-order valence-corrected chi connectivity index (χ1v) is 12.0. The third-order valence-corrected chi connectivity index (χ3v) is 8.21. The van der Waals surface area contributed by atoms with Gasteiger partial charge in [0.15, 0.2) is 0 Å². The number of benzene rings is 1. The molecule has 0 aliphatic carbocycles. The molecule has 0 spiro atoms. The molecule has 0 aromatic heterocycles. The molecular formula is C13H17Br4O4P. The summed E-state index contributed by atoms with van der Waals surface area (Å²) in [5, 5.41) is 1.33. The molecule has 4 nitrogen and oxygen atoms in total. The third kappa shape index (κ3) is 8.27. The lowest BCUT2D eigenvalue weighted by molar-refractivity contribution is 0.160. The highest BCUT2D eigenvalue weighted by Gasteiger charge is 2.30. The van der Waals surface area contributed by atoms with E-state index >= 15 is 0 Å². The standard InChI is InChI=1S/C13H17Br4O4P/c1-10-3-2-4-13(5-10)21-22(18,19-8-11(16)6-14)20-9-12(17)7-15/h2-5,11-12H,6-9H2,1H3. The second kappa shape index (κ2) is 10.9. The smallest absolute Gasteiger partial charge is 0.404 e. The van der Waals surface area contributed by atoms with Gasteiger partial charge in [0.2, 0.25) is 0 Å². The summed E-state index contributed by atoms with van der Waals surface area (Å²) in [6.07, 6.45) is 0. The van der Waals surface area contributed by atoms with Crippen molar-refractivity contribution in [3.8, 4) is 5.75 Å². The van der Waals surface area contributed by atoms with E-state index in [4.69, 9.17) is 13.6 Å². The van der Waals surface area contributed by atoms with E-state index in [0.717, 1.165) is 5.56 Å². The lowest BCUT2D eigenvalue weighted by Crippen LogP contribution is -2.15. The first kappa shape index (κ1) is 21.1. The molecule has 0 saturated carbocycles. The van der Waals surface area contributed by atoms with Crippen LogP contribution in [0.3, 0.4) is 0 Å². The van der Waals surface area contributed by atoms with Crippen LogP contribution in [0.4, 0.5) is 0 Å². The average Bonchev–Trinajstić information content (AvgIpc) is 2.50. The van der Waals surface area contributed by atoms with Gasteiger partial charge in [0.1, 0.15) is 5.75 Å². The van der Waals surface area contributed by atoms with Crippen LogP contribution in [0.15, 0.2) is 24.3 Å². The Morgan fingerprint density at radius 2 is 1.64 bits per heavy atom. The third-order valence-electron chi connectivity index (χ3n) is 2.37. The summed E-state index contributed by atoms with van der Waals surface area (Å²) >= 11 is 13.4. The number of hydrogen-bond donors (Lipinski definition) is 0. The predicted octanol–water partition coefficient (Wildman–Crippen LogP) is 5.83. The van der Waals surface area contributed by atoms with Crippen molar-refractivity contribution < 1.29 is 18.1 Å². The first-order valence-electron chi connectivity index (χ1n) is 6.44. The minimum atomic E-state index is -3.70. The Balaban J connectivity index is 2.77. The Morgan fingerprint density at radius 1 is 1.09 bits per heavy atom. The zero-order valence-electron chi connectivity index (χ0n) is 11.9. The van der Waals surface area contributed by atoms with Gasteiger partial charge in [-0.1, -0.05) is 75.9 Å². The summed E-state index contributed by atoms with van der Waals surface area (Å²) in [5.74, 6) is 0.457. The fraction of sp³-hybridized carbons (Fsp3) is 0.538. The van der Waals surface area contributed by atoms with Crippen LogP contribution in [-0.4, -0.2) is 33.5 Å². The van der Waals surface area contributed by atoms with Gasteiger partial charge in [-0.3, -0.25) is 9.05 Å². The summed E-state index contributed by atoms with van der Waals surface area (Å²) < 4.78 is 29.1. The number of halogens is 4. The quantitative estimate of drug-likeness (QED) is 0.255. The Morgan fingerprint density at radius 3 is 2.09 bits per heavy atom. The summed E-state index contributed by atoms with van der Waals surface area (Å²) in [5.41, 5.74) is 1.00. The van der Waals surface area contributed by atoms with Gasteiger partial charge in [-0.25, -0.2) is 4.57 Å². The molecule has 126 valence electrons. The molecule has 0 saturated heterocycles. The summed E-state index contributed by atoms with van der Waals surface area (Å²) in [6.45, 7) is 2.34. The average molecular weight is 588 g/mol. The predicted molar refractivity (Wildman–Crippen MR) is 104 cm³/mol. The van der Waals surface area contributed by atoms with Crippen molar-refractivity contribution in [3.05, 3.63) is 29.8 Å². The highest BCUT2D eigenvalue weighted by molar-refractivity contribution is 9.12. The lowest BCUT2D eigenvalue weighted by atomic mass is 10.2. The molecule has 0 aliphatic heterocycles. The van der Waals surface area contributed by atoms with Crippen LogP contribution in [0.5, 0.6) is 5.75 Å². The summed E-state index contributed by atoms with van der Waals surface area (Å²) in [6, 6.07) is 7.26. The zero-order valence-corrected chi connectivity index (χ0v) is 19.1. The molecule has 1 aromatic rings. The van der Waals surface area contributed by atoms with E-state index in [-0.39, 0.29) is 22.9 Å². The van der Waals surface area contributed by atoms with Crippen molar-refractivity contribution in [3.63, 3.8) is 0 Å². The maximum atomic E-state index is 12.8. The minimum Gasteiger partial charge on any atom is -0.404 e. The van der Waals surface area contributed by atoms with Gasteiger partial charge in [-0.2, -0.15) is 0 Å². The fourth-order valence-electron chi connectivity index (χ4n) is 1.32. The Kier molecular flexibility index (Phi) is 10.4. The number of phosphoric ester groups is 1. The molecule has 0 N–H and O–H groups in total. The number of hydrogen-bond acceptors (Lipinski definition) is 4. The molecule has 0 amide bonds. The normalized spacial score (nSPS) is 16.8. The van der Waals surface area contributed by atoms with Gasteiger partial charge in [-0.05, 0) is 24.6 Å². The van der Waals surface area contributed by atoms with Crippen LogP contribution in [-0.2, 0) is 13.6 Å². The number of alkyl halides is 4. The van der Waals surface area contributed by atoms with Crippen LogP contribution in [0.2, 0.25) is 0 Å². The van der Waals surface area contributed by atoms with E-state index < -0.39 is 7.82 Å². The molecule has 0 aliphatic rings. The van der Waals surface area contributed by atoms with Crippen LogP contribution < -0.4 is 4.52 Å². The van der Waals surface area contributed by atoms with Gasteiger partial charge in [0, 0.05) is 20.3 Å². The highest BCUT2D eigenvalue weighted by Crippen LogP contribution is 2.50. The number of aryl methyl sites for hydroxylation is 1. The van der Waals surface area contributed by atoms with Crippen LogP contribution in [0.25, 0.3) is 0 Å². The Hall–Kier alpha value is 1.09. The zero-order chi connectivity index (χ0) is 16.6. The second-order valence-electron chi connectivity index (χ2n) is 4.45. The van der Waals surface area contributed by atoms with Crippen molar-refractivity contribution in [1.29, 1.82) is 0 Å². The molecule has 2 unspecified atom stereocenters. The molecule has 1 rings (SSSR count). The number of rotatable bonds is 10. The van der Waals surface area contributed by atoms with E-state index in [9.17, 15) is 4.57 Å². The van der Waals surface area contributed by atoms with Gasteiger partial charge in [0.25, 0.3) is 0 Å². The second-order valence-corrected chi connectivity index (χ2v) is 9.93. The molecule has 0 heterocycles. The van der Waals surface area contributed by atoms with Gasteiger partial charge in [-0.15, -0.1) is 0 Å². The molecule has 9 heteroatoms. The first-order chi connectivity index (χ1) is 10.4. The van der Waals surface area contributed by atoms with Crippen molar-refractivity contribution in [2.75, 3.05) is 23.9 Å². The van der Waals surface area contributed by atoms with E-state index in [2.05, 4.69) is 63.7 Å². The summed E-state index contributed by atoms with van der Waals surface area (Å²) in [4.78, 5) is 0.0305. The van der Waals surface area contributed by atoms with Crippen LogP contribution >= 0.6 is 71.5 Å². The molecule has 0 bridgehead atoms. The molecule has 1 aromatic carbocycles. The largest absolute Gasteiger partial charge is 0.530 e. The van der Waals surface area contributed by atoms with Crippen molar-refractivity contribution >= 4 is 71.5 Å². The molecule has 0 fully saturated rings. The van der Waals surface area contributed by atoms with Crippen molar-refractivity contribution in [1.82, 2.24) is 0 Å². The Bertz CT molecular complexity index is 485. The highest BCUT2D eigenvalue weighted by atomic mass is 79.9. The maximum Gasteiger partial charge on any atom is 0.530 e. The molecule has 22 heavy (non-hydrogen) atoms. The molecule has 2 atom stereocenters. The molecule has 0 radical (unpaired) electrons. The SMILES string of the molecule is Cc1cccc(OP(=O)(OCC(Br)CBr)OCC(Br)CBr)c1. The van der Waals surface area contributed by atoms with Gasteiger partial charge < -0.3 is 4.52 Å². The van der Waals surface area contributed by atoms with Gasteiger partial charge >= 0.3 is 7.82 Å². The topological polar surface area (TPSA) is 44.8 Å². The fourth-order valence-corrected chi connectivity index (χ4v) is 3.65. The van der Waals surface area contributed by atoms with E-state index in [1.807, 2.05) is 19.1 Å². The van der Waals surface area contributed by atoms with Gasteiger partial charge in [0.05, 0.1) is 13.2 Å². The summed E-state index contributed by atoms with van der Waals surface area (Å²) in [7, 11) is -3.70.